The van der Waals surface area contributed by atoms with Gasteiger partial charge in [0, 0.05) is 0 Å². The van der Waals surface area contributed by atoms with Gasteiger partial charge in [-0.05, 0) is 0 Å². The van der Waals surface area contributed by atoms with Crippen molar-refractivity contribution in [3.8, 4) is 0 Å². The van der Waals surface area contributed by atoms with E-state index in [1.165, 1.54) is 77.0 Å². The summed E-state index contributed by atoms with van der Waals surface area (Å²) in [5, 5.41) is 0. The molecule has 0 aromatic carbocycles. The fraction of sp³-hybridized carbons (Fsp3) is 0.833. The maximum absolute atomic E-state index is 10.7. The molecule has 0 unspecified atom stereocenters. The molecule has 1 radical (unpaired) electrons. The van der Waals surface area contributed by atoms with E-state index in [4.69, 9.17) is 0 Å². The van der Waals surface area contributed by atoms with Crippen molar-refractivity contribution < 1.29 is 4.79 Å². The molecule has 0 spiro atoms. The first-order chi connectivity index (χ1) is 9.77. The molecule has 0 aliphatic rings. The third-order valence-electron chi connectivity index (χ3n) is 3.64. The second-order valence-corrected chi connectivity index (χ2v) is 6.66. The van der Waals surface area contributed by atoms with Crippen molar-refractivity contribution in [2.24, 2.45) is 0 Å². The summed E-state index contributed by atoms with van der Waals surface area (Å²) in [6.07, 6.45) is 22.4. The van der Waals surface area contributed by atoms with Gasteiger partial charge in [-0.1, -0.05) is 39.0 Å². The van der Waals surface area contributed by atoms with Gasteiger partial charge in [0.25, 0.3) is 0 Å². The normalized spacial score (nSPS) is 11.2. The van der Waals surface area contributed by atoms with E-state index in [0.29, 0.717) is 0 Å². The number of allylic oxidation sites excluding steroid dienone is 2. The van der Waals surface area contributed by atoms with E-state index in [9.17, 15) is 4.79 Å². The molecule has 0 fully saturated rings. The molecule has 0 heterocycles. The molecule has 2 heteroatoms. The van der Waals surface area contributed by atoms with Gasteiger partial charge in [0.05, 0.1) is 0 Å². The van der Waals surface area contributed by atoms with E-state index in [-0.39, 0.29) is 4.68 Å². The van der Waals surface area contributed by atoms with Crippen molar-refractivity contribution in [1.82, 2.24) is 0 Å². The molecule has 0 rings (SSSR count). The first-order valence-corrected chi connectivity index (χ1v) is 9.48. The molecule has 0 aliphatic heterocycles. The summed E-state index contributed by atoms with van der Waals surface area (Å²) in [5.74, 6) is 0. The zero-order valence-corrected chi connectivity index (χ0v) is 15.1. The summed E-state index contributed by atoms with van der Waals surface area (Å²) in [6, 6.07) is 0. The van der Waals surface area contributed by atoms with Crippen molar-refractivity contribution in [2.75, 3.05) is 0 Å². The van der Waals surface area contributed by atoms with Gasteiger partial charge in [-0.25, -0.2) is 0 Å². The van der Waals surface area contributed by atoms with E-state index in [2.05, 4.69) is 35.1 Å². The van der Waals surface area contributed by atoms with Crippen LogP contribution in [0.1, 0.15) is 96.8 Å². The minimum atomic E-state index is 0.211. The zero-order valence-electron chi connectivity index (χ0n) is 13.4. The van der Waals surface area contributed by atoms with Gasteiger partial charge in [-0.2, -0.15) is 0 Å². The number of rotatable bonds is 15. The molecule has 20 heavy (non-hydrogen) atoms. The van der Waals surface area contributed by atoms with E-state index < -0.39 is 0 Å². The van der Waals surface area contributed by atoms with Crippen LogP contribution in [0.5, 0.6) is 0 Å². The van der Waals surface area contributed by atoms with E-state index in [0.717, 1.165) is 12.8 Å². The molecule has 0 saturated heterocycles. The third-order valence-corrected chi connectivity index (χ3v) is 4.07. The van der Waals surface area contributed by atoms with Gasteiger partial charge in [-0.3, -0.25) is 0 Å². The summed E-state index contributed by atoms with van der Waals surface area (Å²) in [4.78, 5) is 10.7. The predicted octanol–water partition coefficient (Wildman–Crippen LogP) is 5.72. The first kappa shape index (κ1) is 19.9. The molecule has 0 saturated carbocycles. The van der Waals surface area contributed by atoms with E-state index >= 15 is 0 Å². The Morgan fingerprint density at radius 2 is 1.20 bits per heavy atom. The Bertz CT molecular complexity index is 236. The Labute approximate surface area is 134 Å². The van der Waals surface area contributed by atoms with Gasteiger partial charge in [0.2, 0.25) is 0 Å². The molecular weight excluding hydrogens is 311 g/mol. The molecule has 1 nitrogen and oxygen atoms in total. The summed E-state index contributed by atoms with van der Waals surface area (Å²) in [6.45, 7) is 2.27. The number of carbonyl (C=O) groups is 1. The van der Waals surface area contributed by atoms with Crippen molar-refractivity contribution in [3.63, 3.8) is 0 Å². The van der Waals surface area contributed by atoms with E-state index in [1.54, 1.807) is 0 Å². The number of hydrogen-bond donors (Lipinski definition) is 0. The molecule has 0 aliphatic carbocycles. The van der Waals surface area contributed by atoms with Gasteiger partial charge in [0.15, 0.2) is 0 Å². The van der Waals surface area contributed by atoms with Crippen LogP contribution in [-0.4, -0.2) is 20.7 Å². The second-order valence-electron chi connectivity index (χ2n) is 5.71. The summed E-state index contributed by atoms with van der Waals surface area (Å²) >= 11 is 2.54. The molecule has 0 bridgehead atoms. The fourth-order valence-corrected chi connectivity index (χ4v) is 2.64. The standard InChI is InChI=1S/C18H33OSe/c1-2-3-4-5-6-7-8-9-10-11-12-13-14-15-16-17-18(19)20/h9-10H,2-8,11-17H2,1H3/b10-9-. The number of hydrogen-bond acceptors (Lipinski definition) is 1. The van der Waals surface area contributed by atoms with Crippen LogP contribution in [0.2, 0.25) is 0 Å². The van der Waals surface area contributed by atoms with Crippen LogP contribution in [0, 0.1) is 0 Å². The van der Waals surface area contributed by atoms with Gasteiger partial charge < -0.3 is 0 Å². The Morgan fingerprint density at radius 3 is 1.70 bits per heavy atom. The average Bonchev–Trinajstić information content (AvgIpc) is 2.43. The average molecular weight is 344 g/mol. The first-order valence-electron chi connectivity index (χ1n) is 8.62. The predicted molar refractivity (Wildman–Crippen MR) is 90.2 cm³/mol. The van der Waals surface area contributed by atoms with Crippen LogP contribution in [0.15, 0.2) is 12.2 Å². The number of unbranched alkanes of at least 4 members (excludes halogenated alkanes) is 11. The Hall–Kier alpha value is -0.0705. The Balaban J connectivity index is 3.07. The van der Waals surface area contributed by atoms with E-state index in [1.807, 2.05) is 0 Å². The Kier molecular flexibility index (Phi) is 16.9. The van der Waals surface area contributed by atoms with Crippen molar-refractivity contribution >= 4 is 20.7 Å². The monoisotopic (exact) mass is 345 g/mol. The van der Waals surface area contributed by atoms with Crippen LogP contribution in [0.25, 0.3) is 0 Å². The molecule has 0 atom stereocenters. The molecular formula is C18H33OSe. The molecule has 0 aromatic rings. The van der Waals surface area contributed by atoms with Crippen LogP contribution >= 0.6 is 0 Å². The van der Waals surface area contributed by atoms with Gasteiger partial charge in [0.1, 0.15) is 0 Å². The molecule has 0 N–H and O–H groups in total. The third kappa shape index (κ3) is 17.9. The van der Waals surface area contributed by atoms with Crippen LogP contribution in [0.4, 0.5) is 0 Å². The second kappa shape index (κ2) is 17.0. The van der Waals surface area contributed by atoms with Crippen molar-refractivity contribution in [2.45, 2.75) is 96.8 Å². The quantitative estimate of drug-likeness (QED) is 0.211. The summed E-state index contributed by atoms with van der Waals surface area (Å²) < 4.78 is 0.211. The van der Waals surface area contributed by atoms with Crippen LogP contribution in [0.3, 0.4) is 0 Å². The maximum atomic E-state index is 10.7. The fourth-order valence-electron chi connectivity index (χ4n) is 2.34. The molecule has 117 valence electrons. The topological polar surface area (TPSA) is 17.1 Å². The van der Waals surface area contributed by atoms with Gasteiger partial charge in [-0.15, -0.1) is 0 Å². The molecule has 0 aromatic heterocycles. The number of carbonyl (C=O) groups excluding carboxylic acids is 1. The summed E-state index contributed by atoms with van der Waals surface area (Å²) in [5.41, 5.74) is 0. The Morgan fingerprint density at radius 1 is 0.750 bits per heavy atom. The van der Waals surface area contributed by atoms with Crippen LogP contribution in [-0.2, 0) is 4.79 Å². The zero-order chi connectivity index (χ0) is 14.9. The van der Waals surface area contributed by atoms with Crippen LogP contribution < -0.4 is 0 Å². The van der Waals surface area contributed by atoms with Crippen molar-refractivity contribution in [3.05, 3.63) is 12.2 Å². The minimum absolute atomic E-state index is 0.211. The van der Waals surface area contributed by atoms with Crippen molar-refractivity contribution in [1.29, 1.82) is 0 Å². The SMILES string of the molecule is CCCCCCCC/C=C\CCCCCCCC(=O)[Se]. The molecule has 0 amide bonds. The van der Waals surface area contributed by atoms with Gasteiger partial charge >= 0.3 is 95.4 Å². The summed E-state index contributed by atoms with van der Waals surface area (Å²) in [7, 11) is 0.